The van der Waals surface area contributed by atoms with E-state index in [0.29, 0.717) is 0 Å². The second-order valence-corrected chi connectivity index (χ2v) is 3.87. The van der Waals surface area contributed by atoms with Crippen molar-refractivity contribution >= 4 is 5.82 Å². The average Bonchev–Trinajstić information content (AvgIpc) is 2.15. The highest BCUT2D eigenvalue weighted by atomic mass is 19.1. The Kier molecular flexibility index (Phi) is 3.09. The van der Waals surface area contributed by atoms with Gasteiger partial charge in [0.05, 0.1) is 0 Å². The highest BCUT2D eigenvalue weighted by molar-refractivity contribution is 5.36. The summed E-state index contributed by atoms with van der Waals surface area (Å²) in [5.74, 6) is -0.235. The SMILES string of the molecule is CCC(C)(CC)c1cc(N)nc(F)c1. The topological polar surface area (TPSA) is 38.9 Å². The monoisotopic (exact) mass is 196 g/mol. The number of hydrogen-bond donors (Lipinski definition) is 1. The summed E-state index contributed by atoms with van der Waals surface area (Å²) in [6.45, 7) is 6.30. The number of pyridine rings is 1. The Hall–Kier alpha value is -1.12. The predicted octanol–water partition coefficient (Wildman–Crippen LogP) is 2.88. The summed E-state index contributed by atoms with van der Waals surface area (Å²) in [5, 5.41) is 0. The molecule has 1 aromatic rings. The van der Waals surface area contributed by atoms with Crippen molar-refractivity contribution in [2.75, 3.05) is 5.73 Å². The van der Waals surface area contributed by atoms with Gasteiger partial charge in [0.2, 0.25) is 5.95 Å². The van der Waals surface area contributed by atoms with E-state index in [1.807, 2.05) is 0 Å². The molecule has 0 saturated carbocycles. The normalized spacial score (nSPS) is 11.7. The maximum atomic E-state index is 13.0. The van der Waals surface area contributed by atoms with Gasteiger partial charge in [0.25, 0.3) is 0 Å². The van der Waals surface area contributed by atoms with Crippen LogP contribution in [-0.2, 0) is 5.41 Å². The van der Waals surface area contributed by atoms with Crippen LogP contribution in [0, 0.1) is 5.95 Å². The molecule has 2 N–H and O–H groups in total. The Labute approximate surface area is 84.3 Å². The zero-order chi connectivity index (χ0) is 10.8. The van der Waals surface area contributed by atoms with Crippen LogP contribution < -0.4 is 5.73 Å². The molecule has 78 valence electrons. The molecule has 0 atom stereocenters. The lowest BCUT2D eigenvalue weighted by Crippen LogP contribution is -2.20. The standard InChI is InChI=1S/C11H17FN2/c1-4-11(3,5-2)8-6-9(12)14-10(13)7-8/h6-7H,4-5H2,1-3H3,(H2,13,14). The van der Waals surface area contributed by atoms with E-state index in [9.17, 15) is 4.39 Å². The molecule has 0 aliphatic heterocycles. The van der Waals surface area contributed by atoms with Gasteiger partial charge in [-0.05, 0) is 36.0 Å². The average molecular weight is 196 g/mol. The van der Waals surface area contributed by atoms with Gasteiger partial charge in [-0.25, -0.2) is 4.98 Å². The van der Waals surface area contributed by atoms with E-state index >= 15 is 0 Å². The second kappa shape index (κ2) is 3.95. The summed E-state index contributed by atoms with van der Waals surface area (Å²) in [6.07, 6.45) is 1.93. The summed E-state index contributed by atoms with van der Waals surface area (Å²) in [7, 11) is 0. The molecule has 14 heavy (non-hydrogen) atoms. The lowest BCUT2D eigenvalue weighted by atomic mass is 9.78. The van der Waals surface area contributed by atoms with Crippen molar-refractivity contribution in [2.24, 2.45) is 0 Å². The Morgan fingerprint density at radius 1 is 1.36 bits per heavy atom. The number of anilines is 1. The van der Waals surface area contributed by atoms with E-state index in [4.69, 9.17) is 5.73 Å². The van der Waals surface area contributed by atoms with Crippen LogP contribution in [0.2, 0.25) is 0 Å². The molecule has 0 fully saturated rings. The van der Waals surface area contributed by atoms with Crippen LogP contribution in [0.3, 0.4) is 0 Å². The second-order valence-electron chi connectivity index (χ2n) is 3.87. The number of hydrogen-bond acceptors (Lipinski definition) is 2. The van der Waals surface area contributed by atoms with Gasteiger partial charge in [0.15, 0.2) is 0 Å². The zero-order valence-electron chi connectivity index (χ0n) is 8.97. The Balaban J connectivity index is 3.17. The van der Waals surface area contributed by atoms with E-state index in [2.05, 4.69) is 25.8 Å². The van der Waals surface area contributed by atoms with Crippen LogP contribution >= 0.6 is 0 Å². The first-order chi connectivity index (χ1) is 6.51. The molecule has 0 saturated heterocycles. The van der Waals surface area contributed by atoms with Crippen molar-refractivity contribution in [3.8, 4) is 0 Å². The fourth-order valence-corrected chi connectivity index (χ4v) is 1.52. The minimum atomic E-state index is -0.492. The van der Waals surface area contributed by atoms with Gasteiger partial charge in [-0.1, -0.05) is 20.8 Å². The van der Waals surface area contributed by atoms with Gasteiger partial charge < -0.3 is 5.73 Å². The van der Waals surface area contributed by atoms with E-state index in [-0.39, 0.29) is 11.2 Å². The molecular formula is C11H17FN2. The third kappa shape index (κ3) is 2.03. The Bertz CT molecular complexity index is 299. The lowest BCUT2D eigenvalue weighted by molar-refractivity contribution is 0.434. The van der Waals surface area contributed by atoms with Gasteiger partial charge >= 0.3 is 0 Å². The van der Waals surface area contributed by atoms with Gasteiger partial charge in [0, 0.05) is 0 Å². The van der Waals surface area contributed by atoms with E-state index in [1.54, 1.807) is 6.07 Å². The number of rotatable bonds is 3. The van der Waals surface area contributed by atoms with Crippen LogP contribution in [0.4, 0.5) is 10.2 Å². The van der Waals surface area contributed by atoms with Crippen LogP contribution in [0.25, 0.3) is 0 Å². The molecule has 1 heterocycles. The quantitative estimate of drug-likeness (QED) is 0.755. The Morgan fingerprint density at radius 3 is 2.36 bits per heavy atom. The van der Waals surface area contributed by atoms with E-state index in [1.165, 1.54) is 6.07 Å². The molecule has 1 rings (SSSR count). The molecule has 0 aliphatic rings. The number of halogens is 1. The summed E-state index contributed by atoms with van der Waals surface area (Å²) in [4.78, 5) is 3.53. The molecule has 0 aromatic carbocycles. The van der Waals surface area contributed by atoms with Crippen molar-refractivity contribution < 1.29 is 4.39 Å². The number of nitrogens with two attached hydrogens (primary N) is 1. The minimum absolute atomic E-state index is 0.00208. The number of nitrogens with zero attached hydrogens (tertiary/aromatic N) is 1. The zero-order valence-corrected chi connectivity index (χ0v) is 8.97. The van der Waals surface area contributed by atoms with Gasteiger partial charge in [-0.2, -0.15) is 4.39 Å². The first-order valence-corrected chi connectivity index (χ1v) is 4.95. The summed E-state index contributed by atoms with van der Waals surface area (Å²) in [5.41, 5.74) is 6.45. The molecule has 0 unspecified atom stereocenters. The lowest BCUT2D eigenvalue weighted by Gasteiger charge is -2.27. The van der Waals surface area contributed by atoms with Crippen LogP contribution in [0.15, 0.2) is 12.1 Å². The van der Waals surface area contributed by atoms with Crippen molar-refractivity contribution in [2.45, 2.75) is 39.0 Å². The fourth-order valence-electron chi connectivity index (χ4n) is 1.52. The smallest absolute Gasteiger partial charge is 0.215 e. The molecule has 1 aromatic heterocycles. The van der Waals surface area contributed by atoms with Crippen molar-refractivity contribution in [1.29, 1.82) is 0 Å². The van der Waals surface area contributed by atoms with Crippen molar-refractivity contribution in [3.05, 3.63) is 23.6 Å². The van der Waals surface area contributed by atoms with Gasteiger partial charge in [0.1, 0.15) is 5.82 Å². The molecule has 3 heteroatoms. The first-order valence-electron chi connectivity index (χ1n) is 4.95. The fraction of sp³-hybridized carbons (Fsp3) is 0.545. The molecule has 0 aliphatic carbocycles. The van der Waals surface area contributed by atoms with Crippen molar-refractivity contribution in [1.82, 2.24) is 4.98 Å². The molecule has 0 amide bonds. The minimum Gasteiger partial charge on any atom is -0.384 e. The molecule has 0 bridgehead atoms. The third-order valence-corrected chi connectivity index (χ3v) is 3.07. The maximum Gasteiger partial charge on any atom is 0.215 e. The Morgan fingerprint density at radius 2 is 1.93 bits per heavy atom. The van der Waals surface area contributed by atoms with E-state index in [0.717, 1.165) is 18.4 Å². The highest BCUT2D eigenvalue weighted by Crippen LogP contribution is 2.31. The largest absolute Gasteiger partial charge is 0.384 e. The first kappa shape index (κ1) is 11.0. The molecule has 0 radical (unpaired) electrons. The highest BCUT2D eigenvalue weighted by Gasteiger charge is 2.23. The van der Waals surface area contributed by atoms with Crippen LogP contribution in [-0.4, -0.2) is 4.98 Å². The third-order valence-electron chi connectivity index (χ3n) is 3.07. The van der Waals surface area contributed by atoms with Crippen LogP contribution in [0.1, 0.15) is 39.2 Å². The number of nitrogen functional groups attached to an aromatic ring is 1. The molecule has 0 spiro atoms. The molecular weight excluding hydrogens is 179 g/mol. The van der Waals surface area contributed by atoms with E-state index < -0.39 is 5.95 Å². The summed E-state index contributed by atoms with van der Waals surface area (Å²) in [6, 6.07) is 3.24. The summed E-state index contributed by atoms with van der Waals surface area (Å²) >= 11 is 0. The van der Waals surface area contributed by atoms with Crippen molar-refractivity contribution in [3.63, 3.8) is 0 Å². The van der Waals surface area contributed by atoms with Gasteiger partial charge in [-0.15, -0.1) is 0 Å². The van der Waals surface area contributed by atoms with Crippen LogP contribution in [0.5, 0.6) is 0 Å². The predicted molar refractivity (Wildman–Crippen MR) is 56.5 cm³/mol. The maximum absolute atomic E-state index is 13.0. The summed E-state index contributed by atoms with van der Waals surface area (Å²) < 4.78 is 13.0. The van der Waals surface area contributed by atoms with Gasteiger partial charge in [-0.3, -0.25) is 0 Å². The number of aromatic nitrogens is 1. The molecule has 2 nitrogen and oxygen atoms in total.